The van der Waals surface area contributed by atoms with E-state index in [0.717, 1.165) is 22.0 Å². The van der Waals surface area contributed by atoms with Gasteiger partial charge in [0.2, 0.25) is 0 Å². The zero-order chi connectivity index (χ0) is 16.1. The minimum Gasteiger partial charge on any atom is -0.382 e. The number of aromatic amines is 1. The van der Waals surface area contributed by atoms with Crippen LogP contribution in [-0.2, 0) is 0 Å². The van der Waals surface area contributed by atoms with Crippen LogP contribution >= 0.6 is 0 Å². The van der Waals surface area contributed by atoms with Gasteiger partial charge in [0.1, 0.15) is 11.6 Å². The van der Waals surface area contributed by atoms with Gasteiger partial charge in [-0.2, -0.15) is 10.2 Å². The van der Waals surface area contributed by atoms with Crippen molar-refractivity contribution in [1.29, 1.82) is 0 Å². The third-order valence-corrected chi connectivity index (χ3v) is 3.89. The topological polar surface area (TPSA) is 75.2 Å². The summed E-state index contributed by atoms with van der Waals surface area (Å²) in [5, 5.41) is 11.9. The van der Waals surface area contributed by atoms with Gasteiger partial charge in [0, 0.05) is 43.4 Å². The fourth-order valence-electron chi connectivity index (χ4n) is 2.95. The predicted molar refractivity (Wildman–Crippen MR) is 89.0 cm³/mol. The summed E-state index contributed by atoms with van der Waals surface area (Å²) in [6.07, 6.45) is 3.53. The largest absolute Gasteiger partial charge is 0.382 e. The molecule has 6 nitrogen and oxygen atoms in total. The van der Waals surface area contributed by atoms with Gasteiger partial charge in [-0.1, -0.05) is 0 Å². The van der Waals surface area contributed by atoms with Gasteiger partial charge in [-0.3, -0.25) is 5.10 Å². The number of nitrogens with one attached hydrogen (secondary N) is 1. The average Bonchev–Trinajstić information content (AvgIpc) is 3.09. The summed E-state index contributed by atoms with van der Waals surface area (Å²) in [6.45, 7) is 0. The van der Waals surface area contributed by atoms with Gasteiger partial charge in [-0.05, 0) is 17.7 Å². The third-order valence-electron chi connectivity index (χ3n) is 3.89. The number of hydrogen-bond donors (Lipinski definition) is 2. The van der Waals surface area contributed by atoms with Crippen molar-refractivity contribution in [2.24, 2.45) is 0 Å². The molecule has 0 aliphatic carbocycles. The van der Waals surface area contributed by atoms with E-state index in [4.69, 9.17) is 5.73 Å². The number of nitrogen functional groups attached to an aromatic ring is 1. The van der Waals surface area contributed by atoms with Crippen molar-refractivity contribution >= 4 is 27.9 Å². The van der Waals surface area contributed by atoms with Crippen LogP contribution in [0.4, 0.5) is 15.9 Å². The molecule has 0 saturated carbocycles. The summed E-state index contributed by atoms with van der Waals surface area (Å²) in [5.74, 6) is 0.150. The molecular weight excluding hydrogens is 295 g/mol. The van der Waals surface area contributed by atoms with Crippen LogP contribution in [0.3, 0.4) is 0 Å². The van der Waals surface area contributed by atoms with Crippen molar-refractivity contribution in [1.82, 2.24) is 19.8 Å². The smallest absolute Gasteiger partial charge is 0.149 e. The van der Waals surface area contributed by atoms with E-state index in [-0.39, 0.29) is 5.82 Å². The molecule has 3 N–H and O–H groups in total. The lowest BCUT2D eigenvalue weighted by Gasteiger charge is -2.19. The van der Waals surface area contributed by atoms with Crippen LogP contribution in [0.1, 0.15) is 0 Å². The second-order valence-electron chi connectivity index (χ2n) is 5.66. The number of nitrogens with two attached hydrogens (primary N) is 1. The number of nitrogens with zero attached hydrogens (tertiary/aromatic N) is 4. The Morgan fingerprint density at radius 3 is 2.87 bits per heavy atom. The van der Waals surface area contributed by atoms with Crippen molar-refractivity contribution in [3.05, 3.63) is 42.5 Å². The van der Waals surface area contributed by atoms with Crippen molar-refractivity contribution in [2.45, 2.75) is 0 Å². The van der Waals surface area contributed by atoms with Crippen molar-refractivity contribution in [3.8, 4) is 11.1 Å². The first-order chi connectivity index (χ1) is 11.0. The first kappa shape index (κ1) is 13.6. The number of benzene rings is 1. The minimum absolute atomic E-state index is 0.297. The zero-order valence-corrected chi connectivity index (χ0v) is 12.7. The third kappa shape index (κ3) is 2.01. The van der Waals surface area contributed by atoms with Crippen LogP contribution in [-0.4, -0.2) is 33.9 Å². The summed E-state index contributed by atoms with van der Waals surface area (Å²) >= 11 is 0. The van der Waals surface area contributed by atoms with Gasteiger partial charge in [-0.25, -0.2) is 8.91 Å². The van der Waals surface area contributed by atoms with Crippen molar-refractivity contribution in [3.63, 3.8) is 0 Å². The fourth-order valence-corrected chi connectivity index (χ4v) is 2.95. The molecule has 0 atom stereocenters. The van der Waals surface area contributed by atoms with Gasteiger partial charge in [0.15, 0.2) is 0 Å². The van der Waals surface area contributed by atoms with E-state index in [1.807, 2.05) is 32.4 Å². The molecule has 0 aliphatic rings. The van der Waals surface area contributed by atoms with E-state index in [1.165, 1.54) is 6.07 Å². The molecule has 3 heterocycles. The fraction of sp³-hybridized carbons (Fsp3) is 0.125. The lowest BCUT2D eigenvalue weighted by Crippen LogP contribution is -2.12. The number of hydrogen-bond acceptors (Lipinski definition) is 4. The van der Waals surface area contributed by atoms with Gasteiger partial charge >= 0.3 is 0 Å². The lowest BCUT2D eigenvalue weighted by atomic mass is 9.99. The van der Waals surface area contributed by atoms with E-state index >= 15 is 0 Å². The summed E-state index contributed by atoms with van der Waals surface area (Å²) in [7, 11) is 3.65. The lowest BCUT2D eigenvalue weighted by molar-refractivity contribution is 0.628. The standard InChI is InChI=1S/C16H15FN6/c1-22(2)16-12(17)7-13-11(8-19-20-13)15(16)9-3-4-23-10(5-9)6-14(18)21-23/h3-8H,1-2H3,(H2,18,21)(H,19,20). The summed E-state index contributed by atoms with van der Waals surface area (Å²) in [4.78, 5) is 1.77. The molecule has 7 heteroatoms. The highest BCUT2D eigenvalue weighted by atomic mass is 19.1. The number of fused-ring (bicyclic) bond motifs is 2. The number of H-pyrrole nitrogens is 1. The Labute approximate surface area is 131 Å². The number of halogens is 1. The van der Waals surface area contributed by atoms with Gasteiger partial charge in [0.25, 0.3) is 0 Å². The number of pyridine rings is 1. The molecule has 0 radical (unpaired) electrons. The summed E-state index contributed by atoms with van der Waals surface area (Å²) < 4.78 is 16.3. The molecule has 0 aliphatic heterocycles. The van der Waals surface area contributed by atoms with E-state index in [9.17, 15) is 4.39 Å². The maximum absolute atomic E-state index is 14.6. The van der Waals surface area contributed by atoms with Crippen molar-refractivity contribution < 1.29 is 4.39 Å². The van der Waals surface area contributed by atoms with Crippen LogP contribution < -0.4 is 10.6 Å². The Bertz CT molecular complexity index is 1030. The zero-order valence-electron chi connectivity index (χ0n) is 12.7. The molecule has 0 bridgehead atoms. The molecule has 3 aromatic heterocycles. The number of aromatic nitrogens is 4. The first-order valence-corrected chi connectivity index (χ1v) is 7.13. The molecule has 0 fully saturated rings. The van der Waals surface area contributed by atoms with Gasteiger partial charge < -0.3 is 10.6 Å². The molecule has 1 aromatic carbocycles. The number of anilines is 2. The summed E-state index contributed by atoms with van der Waals surface area (Å²) in [6, 6.07) is 7.09. The molecule has 0 spiro atoms. The molecule has 116 valence electrons. The highest BCUT2D eigenvalue weighted by Crippen LogP contribution is 2.38. The maximum Gasteiger partial charge on any atom is 0.149 e. The van der Waals surface area contributed by atoms with Crippen LogP contribution in [0.25, 0.3) is 27.5 Å². The molecular formula is C16H15FN6. The first-order valence-electron chi connectivity index (χ1n) is 7.13. The van der Waals surface area contributed by atoms with E-state index < -0.39 is 0 Å². The second kappa shape index (κ2) is 4.70. The maximum atomic E-state index is 14.6. The van der Waals surface area contributed by atoms with E-state index in [0.29, 0.717) is 17.0 Å². The monoisotopic (exact) mass is 310 g/mol. The molecule has 0 saturated heterocycles. The Morgan fingerprint density at radius 1 is 1.26 bits per heavy atom. The van der Waals surface area contributed by atoms with Crippen LogP contribution in [0.15, 0.2) is 36.7 Å². The highest BCUT2D eigenvalue weighted by Gasteiger charge is 2.18. The van der Waals surface area contributed by atoms with E-state index in [2.05, 4.69) is 15.3 Å². The molecule has 0 unspecified atom stereocenters. The predicted octanol–water partition coefficient (Wildman–Crippen LogP) is 2.66. The summed E-state index contributed by atoms with van der Waals surface area (Å²) in [5.41, 5.74) is 9.45. The highest BCUT2D eigenvalue weighted by molar-refractivity contribution is 6.02. The second-order valence-corrected chi connectivity index (χ2v) is 5.66. The minimum atomic E-state index is -0.297. The Morgan fingerprint density at radius 2 is 2.09 bits per heavy atom. The van der Waals surface area contributed by atoms with Gasteiger partial charge in [0.05, 0.1) is 22.9 Å². The Hall–Kier alpha value is -3.09. The Balaban J connectivity index is 2.08. The SMILES string of the molecule is CN(C)c1c(F)cc2[nH]ncc2c1-c1ccn2nc(N)cc2c1. The molecule has 4 aromatic rings. The Kier molecular flexibility index (Phi) is 2.77. The molecule has 23 heavy (non-hydrogen) atoms. The van der Waals surface area contributed by atoms with Crippen LogP contribution in [0.5, 0.6) is 0 Å². The quantitative estimate of drug-likeness (QED) is 0.597. The van der Waals surface area contributed by atoms with Crippen LogP contribution in [0.2, 0.25) is 0 Å². The van der Waals surface area contributed by atoms with Gasteiger partial charge in [-0.15, -0.1) is 0 Å². The average molecular weight is 310 g/mol. The number of rotatable bonds is 2. The van der Waals surface area contributed by atoms with Crippen LogP contribution in [0, 0.1) is 5.82 Å². The molecule has 4 rings (SSSR count). The molecule has 0 amide bonds. The van der Waals surface area contributed by atoms with Crippen molar-refractivity contribution in [2.75, 3.05) is 24.7 Å². The normalized spacial score (nSPS) is 11.4. The van der Waals surface area contributed by atoms with E-state index in [1.54, 1.807) is 21.7 Å².